The summed E-state index contributed by atoms with van der Waals surface area (Å²) in [6.45, 7) is 5.32. The van der Waals surface area contributed by atoms with Gasteiger partial charge in [0.25, 0.3) is 5.91 Å². The molecule has 0 spiro atoms. The van der Waals surface area contributed by atoms with Crippen molar-refractivity contribution < 1.29 is 4.79 Å². The first-order chi connectivity index (χ1) is 11.6. The predicted molar refractivity (Wildman–Crippen MR) is 98.2 cm³/mol. The Kier molecular flexibility index (Phi) is 5.07. The van der Waals surface area contributed by atoms with Gasteiger partial charge in [-0.2, -0.15) is 0 Å². The molecule has 0 bridgehead atoms. The summed E-state index contributed by atoms with van der Waals surface area (Å²) in [5.74, 6) is 0.0203. The molecule has 0 aromatic heterocycles. The first-order valence-corrected chi connectivity index (χ1v) is 8.57. The van der Waals surface area contributed by atoms with Crippen LogP contribution in [0.1, 0.15) is 28.9 Å². The van der Waals surface area contributed by atoms with E-state index in [2.05, 4.69) is 24.0 Å². The van der Waals surface area contributed by atoms with Gasteiger partial charge in [0.1, 0.15) is 0 Å². The molecule has 1 fully saturated rings. The summed E-state index contributed by atoms with van der Waals surface area (Å²) in [4.78, 5) is 16.9. The maximum atomic E-state index is 12.6. The van der Waals surface area contributed by atoms with E-state index in [0.717, 1.165) is 18.1 Å². The summed E-state index contributed by atoms with van der Waals surface area (Å²) >= 11 is 5.96. The van der Waals surface area contributed by atoms with Crippen LogP contribution in [0.4, 0.5) is 5.69 Å². The molecule has 2 aromatic rings. The molecule has 1 saturated heterocycles. The lowest BCUT2D eigenvalue weighted by Gasteiger charge is -2.38. The second kappa shape index (κ2) is 7.24. The minimum Gasteiger partial charge on any atom is -0.398 e. The minimum atomic E-state index is 0.0203. The van der Waals surface area contributed by atoms with Gasteiger partial charge in [0.05, 0.1) is 5.56 Å². The number of anilines is 1. The molecule has 1 heterocycles. The number of halogens is 1. The van der Waals surface area contributed by atoms with Crippen LogP contribution in [-0.2, 0) is 0 Å². The normalized spacial score (nSPS) is 16.8. The average Bonchev–Trinajstić information content (AvgIpc) is 2.62. The van der Waals surface area contributed by atoms with E-state index in [1.54, 1.807) is 12.1 Å². The molecule has 2 N–H and O–H groups in total. The number of carbonyl (C=O) groups is 1. The zero-order valence-corrected chi connectivity index (χ0v) is 14.5. The van der Waals surface area contributed by atoms with E-state index in [1.807, 2.05) is 29.2 Å². The smallest absolute Gasteiger partial charge is 0.256 e. The van der Waals surface area contributed by atoms with Crippen molar-refractivity contribution >= 4 is 23.2 Å². The van der Waals surface area contributed by atoms with Crippen LogP contribution in [0.25, 0.3) is 0 Å². The zero-order chi connectivity index (χ0) is 17.1. The number of rotatable bonds is 3. The van der Waals surface area contributed by atoms with Crippen LogP contribution >= 0.6 is 11.6 Å². The third kappa shape index (κ3) is 3.55. The van der Waals surface area contributed by atoms with Crippen molar-refractivity contribution in [1.29, 1.82) is 0 Å². The lowest BCUT2D eigenvalue weighted by molar-refractivity contribution is 0.0583. The summed E-state index contributed by atoms with van der Waals surface area (Å²) in [5.41, 5.74) is 8.30. The summed E-state index contributed by atoms with van der Waals surface area (Å²) in [7, 11) is 0. The molecule has 0 radical (unpaired) electrons. The molecule has 1 atom stereocenters. The number of amides is 1. The van der Waals surface area contributed by atoms with Gasteiger partial charge in [-0.1, -0.05) is 35.9 Å². The maximum absolute atomic E-state index is 12.6. The van der Waals surface area contributed by atoms with Gasteiger partial charge in [-0.15, -0.1) is 0 Å². The lowest BCUT2D eigenvalue weighted by atomic mass is 10.1. The van der Waals surface area contributed by atoms with E-state index in [-0.39, 0.29) is 5.91 Å². The van der Waals surface area contributed by atoms with Crippen LogP contribution < -0.4 is 5.73 Å². The summed E-state index contributed by atoms with van der Waals surface area (Å²) in [5, 5.41) is 0.752. The van der Waals surface area contributed by atoms with Crippen LogP contribution in [0.3, 0.4) is 0 Å². The fraction of sp³-hybridized carbons (Fsp3) is 0.316. The largest absolute Gasteiger partial charge is 0.398 e. The van der Waals surface area contributed by atoms with Gasteiger partial charge in [0.15, 0.2) is 0 Å². The minimum absolute atomic E-state index is 0.0203. The summed E-state index contributed by atoms with van der Waals surface area (Å²) in [6.07, 6.45) is 0. The van der Waals surface area contributed by atoms with Gasteiger partial charge >= 0.3 is 0 Å². The Bertz CT molecular complexity index is 709. The van der Waals surface area contributed by atoms with E-state index in [1.165, 1.54) is 5.56 Å². The second-order valence-corrected chi connectivity index (χ2v) is 6.58. The van der Waals surface area contributed by atoms with E-state index in [9.17, 15) is 4.79 Å². The molecule has 1 unspecified atom stereocenters. The Morgan fingerprint density at radius 2 is 1.67 bits per heavy atom. The van der Waals surface area contributed by atoms with Crippen LogP contribution in [0.2, 0.25) is 5.02 Å². The van der Waals surface area contributed by atoms with Crippen LogP contribution in [0.5, 0.6) is 0 Å². The molecule has 1 amide bonds. The molecule has 0 aliphatic carbocycles. The maximum Gasteiger partial charge on any atom is 0.256 e. The number of hydrogen-bond acceptors (Lipinski definition) is 3. The van der Waals surface area contributed by atoms with E-state index < -0.39 is 0 Å². The Morgan fingerprint density at radius 3 is 2.29 bits per heavy atom. The molecule has 5 heteroatoms. The van der Waals surface area contributed by atoms with Crippen molar-refractivity contribution in [1.82, 2.24) is 9.80 Å². The van der Waals surface area contributed by atoms with Crippen molar-refractivity contribution in [3.8, 4) is 0 Å². The number of hydrogen-bond donors (Lipinski definition) is 1. The molecule has 126 valence electrons. The van der Waals surface area contributed by atoms with Crippen LogP contribution in [0.15, 0.2) is 48.5 Å². The Balaban J connectivity index is 1.62. The van der Waals surface area contributed by atoms with E-state index >= 15 is 0 Å². The Labute approximate surface area is 147 Å². The predicted octanol–water partition coefficient (Wildman–Crippen LogP) is 3.44. The Hall–Kier alpha value is -2.04. The van der Waals surface area contributed by atoms with Gasteiger partial charge in [-0.3, -0.25) is 9.69 Å². The highest BCUT2D eigenvalue weighted by Gasteiger charge is 2.26. The Morgan fingerprint density at radius 1 is 1.04 bits per heavy atom. The molecule has 1 aliphatic heterocycles. The molecular weight excluding hydrogens is 322 g/mol. The summed E-state index contributed by atoms with van der Waals surface area (Å²) in [6, 6.07) is 15.5. The fourth-order valence-electron chi connectivity index (χ4n) is 3.13. The van der Waals surface area contributed by atoms with Gasteiger partial charge in [0, 0.05) is 42.9 Å². The first-order valence-electron chi connectivity index (χ1n) is 8.19. The monoisotopic (exact) mass is 343 g/mol. The molecule has 2 aromatic carbocycles. The van der Waals surface area contributed by atoms with E-state index in [0.29, 0.717) is 30.4 Å². The molecule has 1 aliphatic rings. The highest BCUT2D eigenvalue weighted by atomic mass is 35.5. The topological polar surface area (TPSA) is 49.6 Å². The van der Waals surface area contributed by atoms with Gasteiger partial charge in [0.2, 0.25) is 0 Å². The van der Waals surface area contributed by atoms with Crippen molar-refractivity contribution in [2.45, 2.75) is 13.0 Å². The standard InChI is InChI=1S/C19H22ClN3O/c1-14(15-6-8-16(20)9-7-15)22-10-12-23(13-11-22)19(24)17-4-2-3-5-18(17)21/h2-9,14H,10-13,21H2,1H3. The highest BCUT2D eigenvalue weighted by Crippen LogP contribution is 2.24. The third-order valence-electron chi connectivity index (χ3n) is 4.69. The van der Waals surface area contributed by atoms with Gasteiger partial charge < -0.3 is 10.6 Å². The second-order valence-electron chi connectivity index (χ2n) is 6.14. The summed E-state index contributed by atoms with van der Waals surface area (Å²) < 4.78 is 0. The molecule has 4 nitrogen and oxygen atoms in total. The SMILES string of the molecule is CC(c1ccc(Cl)cc1)N1CCN(C(=O)c2ccccc2N)CC1. The molecular formula is C19H22ClN3O. The number of nitrogens with zero attached hydrogens (tertiary/aromatic N) is 2. The highest BCUT2D eigenvalue weighted by molar-refractivity contribution is 6.30. The zero-order valence-electron chi connectivity index (χ0n) is 13.8. The van der Waals surface area contributed by atoms with Crippen molar-refractivity contribution in [2.75, 3.05) is 31.9 Å². The van der Waals surface area contributed by atoms with Crippen molar-refractivity contribution in [3.63, 3.8) is 0 Å². The number of para-hydroxylation sites is 1. The fourth-order valence-corrected chi connectivity index (χ4v) is 3.25. The molecule has 0 saturated carbocycles. The van der Waals surface area contributed by atoms with Crippen molar-refractivity contribution in [2.24, 2.45) is 0 Å². The number of benzene rings is 2. The number of piperazine rings is 1. The van der Waals surface area contributed by atoms with Crippen LogP contribution in [0, 0.1) is 0 Å². The van der Waals surface area contributed by atoms with Crippen LogP contribution in [-0.4, -0.2) is 41.9 Å². The van der Waals surface area contributed by atoms with Gasteiger partial charge in [-0.05, 0) is 36.8 Å². The quantitative estimate of drug-likeness (QED) is 0.868. The molecule has 24 heavy (non-hydrogen) atoms. The third-order valence-corrected chi connectivity index (χ3v) is 4.94. The first kappa shape index (κ1) is 16.8. The number of nitrogens with two attached hydrogens (primary N) is 1. The lowest BCUT2D eigenvalue weighted by Crippen LogP contribution is -2.49. The number of carbonyl (C=O) groups excluding carboxylic acids is 1. The average molecular weight is 344 g/mol. The van der Waals surface area contributed by atoms with E-state index in [4.69, 9.17) is 17.3 Å². The van der Waals surface area contributed by atoms with Gasteiger partial charge in [-0.25, -0.2) is 0 Å². The van der Waals surface area contributed by atoms with Crippen molar-refractivity contribution in [3.05, 3.63) is 64.7 Å². The number of nitrogen functional groups attached to an aromatic ring is 1. The molecule has 3 rings (SSSR count).